The summed E-state index contributed by atoms with van der Waals surface area (Å²) in [6.07, 6.45) is 3.29. The van der Waals surface area contributed by atoms with E-state index in [0.29, 0.717) is 13.0 Å². The topological polar surface area (TPSA) is 46.9 Å². The second kappa shape index (κ2) is 6.18. The van der Waals surface area contributed by atoms with Gasteiger partial charge in [-0.05, 0) is 37.1 Å². The van der Waals surface area contributed by atoms with E-state index < -0.39 is 0 Å². The maximum Gasteiger partial charge on any atom is 0.226 e. The van der Waals surface area contributed by atoms with Crippen LogP contribution >= 0.6 is 0 Å². The predicted molar refractivity (Wildman–Crippen MR) is 76.0 cm³/mol. The molecule has 4 heteroatoms. The molecular formula is C15H19N3O. The Labute approximate surface area is 113 Å². The van der Waals surface area contributed by atoms with Crippen LogP contribution in [0.3, 0.4) is 0 Å². The Hall–Kier alpha value is -2.10. The highest BCUT2D eigenvalue weighted by Crippen LogP contribution is 2.11. The van der Waals surface area contributed by atoms with Gasteiger partial charge in [-0.15, -0.1) is 0 Å². The van der Waals surface area contributed by atoms with E-state index in [4.69, 9.17) is 0 Å². The molecule has 0 aliphatic carbocycles. The monoisotopic (exact) mass is 257 g/mol. The summed E-state index contributed by atoms with van der Waals surface area (Å²) in [4.78, 5) is 11.8. The number of hydrogen-bond acceptors (Lipinski definition) is 2. The molecule has 0 aliphatic rings. The summed E-state index contributed by atoms with van der Waals surface area (Å²) in [5, 5.41) is 7.17. The van der Waals surface area contributed by atoms with Crippen molar-refractivity contribution in [2.45, 2.75) is 33.2 Å². The van der Waals surface area contributed by atoms with E-state index in [1.807, 2.05) is 37.4 Å². The van der Waals surface area contributed by atoms with Gasteiger partial charge in [0.15, 0.2) is 0 Å². The first-order valence-corrected chi connectivity index (χ1v) is 6.56. The van der Waals surface area contributed by atoms with Crippen LogP contribution in [-0.4, -0.2) is 15.7 Å². The molecule has 0 saturated heterocycles. The van der Waals surface area contributed by atoms with Crippen molar-refractivity contribution in [3.05, 3.63) is 47.8 Å². The van der Waals surface area contributed by atoms with Gasteiger partial charge in [0.1, 0.15) is 0 Å². The van der Waals surface area contributed by atoms with Crippen molar-refractivity contribution in [3.8, 4) is 0 Å². The summed E-state index contributed by atoms with van der Waals surface area (Å²) in [5.74, 6) is 0.0152. The zero-order chi connectivity index (χ0) is 13.7. The Balaban J connectivity index is 1.86. The number of nitrogens with zero attached hydrogens (tertiary/aromatic N) is 2. The molecule has 1 aromatic heterocycles. The lowest BCUT2D eigenvalue weighted by Crippen LogP contribution is -2.14. The van der Waals surface area contributed by atoms with E-state index >= 15 is 0 Å². The average molecular weight is 257 g/mol. The summed E-state index contributed by atoms with van der Waals surface area (Å²) >= 11 is 0. The fourth-order valence-electron chi connectivity index (χ4n) is 1.90. The molecule has 0 spiro atoms. The van der Waals surface area contributed by atoms with Crippen molar-refractivity contribution in [2.75, 3.05) is 5.32 Å². The number of benzene rings is 1. The van der Waals surface area contributed by atoms with Crippen molar-refractivity contribution in [2.24, 2.45) is 0 Å². The largest absolute Gasteiger partial charge is 0.326 e. The van der Waals surface area contributed by atoms with Crippen LogP contribution in [0.25, 0.3) is 0 Å². The van der Waals surface area contributed by atoms with Gasteiger partial charge < -0.3 is 5.32 Å². The quantitative estimate of drug-likeness (QED) is 0.895. The highest BCUT2D eigenvalue weighted by atomic mass is 16.1. The molecule has 2 rings (SSSR count). The first-order chi connectivity index (χ1) is 9.17. The molecule has 1 heterocycles. The fraction of sp³-hybridized carbons (Fsp3) is 0.333. The molecule has 19 heavy (non-hydrogen) atoms. The molecule has 2 aromatic rings. The van der Waals surface area contributed by atoms with Crippen molar-refractivity contribution in [1.82, 2.24) is 9.78 Å². The zero-order valence-corrected chi connectivity index (χ0v) is 11.4. The molecule has 0 fully saturated rings. The second-order valence-electron chi connectivity index (χ2n) is 4.57. The van der Waals surface area contributed by atoms with Crippen LogP contribution in [0.5, 0.6) is 0 Å². The van der Waals surface area contributed by atoms with E-state index in [1.54, 1.807) is 4.68 Å². The van der Waals surface area contributed by atoms with Crippen molar-refractivity contribution >= 4 is 11.6 Å². The highest BCUT2D eigenvalue weighted by Gasteiger charge is 2.04. The summed E-state index contributed by atoms with van der Waals surface area (Å²) in [5.41, 5.74) is 3.05. The molecule has 0 radical (unpaired) electrons. The highest BCUT2D eigenvalue weighted by molar-refractivity contribution is 5.90. The second-order valence-corrected chi connectivity index (χ2v) is 4.57. The molecule has 0 bridgehead atoms. The van der Waals surface area contributed by atoms with Gasteiger partial charge in [0, 0.05) is 24.8 Å². The first kappa shape index (κ1) is 13.3. The van der Waals surface area contributed by atoms with E-state index in [2.05, 4.69) is 23.4 Å². The lowest BCUT2D eigenvalue weighted by Gasteiger charge is -2.06. The molecule has 0 aliphatic heterocycles. The average Bonchev–Trinajstić information content (AvgIpc) is 2.82. The Morgan fingerprint density at radius 1 is 1.37 bits per heavy atom. The van der Waals surface area contributed by atoms with Gasteiger partial charge in [0.2, 0.25) is 5.91 Å². The lowest BCUT2D eigenvalue weighted by atomic mass is 10.1. The van der Waals surface area contributed by atoms with Crippen LogP contribution in [0.4, 0.5) is 5.69 Å². The fourth-order valence-corrected chi connectivity index (χ4v) is 1.90. The van der Waals surface area contributed by atoms with E-state index in [0.717, 1.165) is 17.8 Å². The molecule has 100 valence electrons. The van der Waals surface area contributed by atoms with E-state index in [9.17, 15) is 4.79 Å². The van der Waals surface area contributed by atoms with Crippen molar-refractivity contribution < 1.29 is 4.79 Å². The molecule has 0 unspecified atom stereocenters. The summed E-state index contributed by atoms with van der Waals surface area (Å²) in [6, 6.07) is 9.88. The van der Waals surface area contributed by atoms with Gasteiger partial charge in [-0.2, -0.15) is 5.10 Å². The third-order valence-corrected chi connectivity index (χ3v) is 2.96. The Bertz CT molecular complexity index is 560. The smallest absolute Gasteiger partial charge is 0.226 e. The number of carbonyl (C=O) groups is 1. The van der Waals surface area contributed by atoms with Gasteiger partial charge >= 0.3 is 0 Å². The van der Waals surface area contributed by atoms with E-state index in [1.165, 1.54) is 5.56 Å². The van der Waals surface area contributed by atoms with Gasteiger partial charge in [-0.25, -0.2) is 0 Å². The summed E-state index contributed by atoms with van der Waals surface area (Å²) in [7, 11) is 0. The predicted octanol–water partition coefficient (Wildman–Crippen LogP) is 2.78. The maximum atomic E-state index is 11.8. The summed E-state index contributed by atoms with van der Waals surface area (Å²) in [6.45, 7) is 4.64. The standard InChI is InChI=1S/C15H19N3O/c1-3-13-5-4-6-14(11-13)16-15(19)8-10-18-9-7-12(2)17-18/h4-7,9,11H,3,8,10H2,1-2H3,(H,16,19). The van der Waals surface area contributed by atoms with E-state index in [-0.39, 0.29) is 5.91 Å². The Morgan fingerprint density at radius 3 is 2.89 bits per heavy atom. The molecule has 1 aromatic carbocycles. The third-order valence-electron chi connectivity index (χ3n) is 2.96. The van der Waals surface area contributed by atoms with Crippen LogP contribution < -0.4 is 5.32 Å². The number of aromatic nitrogens is 2. The number of hydrogen-bond donors (Lipinski definition) is 1. The SMILES string of the molecule is CCc1cccc(NC(=O)CCn2ccc(C)n2)c1. The minimum absolute atomic E-state index is 0.0152. The Morgan fingerprint density at radius 2 is 2.21 bits per heavy atom. The molecule has 0 saturated carbocycles. The van der Waals surface area contributed by atoms with Crippen molar-refractivity contribution in [3.63, 3.8) is 0 Å². The van der Waals surface area contributed by atoms with Gasteiger partial charge in [-0.3, -0.25) is 9.48 Å². The third kappa shape index (κ3) is 3.95. The molecule has 1 amide bonds. The number of aryl methyl sites for hydroxylation is 3. The Kier molecular flexibility index (Phi) is 4.34. The normalized spacial score (nSPS) is 10.4. The van der Waals surface area contributed by atoms with Gasteiger partial charge in [0.05, 0.1) is 5.69 Å². The molecule has 1 N–H and O–H groups in total. The zero-order valence-electron chi connectivity index (χ0n) is 11.4. The molecule has 4 nitrogen and oxygen atoms in total. The van der Waals surface area contributed by atoms with Crippen LogP contribution in [0, 0.1) is 6.92 Å². The lowest BCUT2D eigenvalue weighted by molar-refractivity contribution is -0.116. The number of rotatable bonds is 5. The molecule has 0 atom stereocenters. The minimum Gasteiger partial charge on any atom is -0.326 e. The van der Waals surface area contributed by atoms with Crippen LogP contribution in [0.1, 0.15) is 24.6 Å². The number of anilines is 1. The number of nitrogens with one attached hydrogen (secondary N) is 1. The molecular weight excluding hydrogens is 238 g/mol. The van der Waals surface area contributed by atoms with Crippen LogP contribution in [0.15, 0.2) is 36.5 Å². The van der Waals surface area contributed by atoms with Gasteiger partial charge in [0.25, 0.3) is 0 Å². The summed E-state index contributed by atoms with van der Waals surface area (Å²) < 4.78 is 1.79. The number of carbonyl (C=O) groups excluding carboxylic acids is 1. The number of amides is 1. The van der Waals surface area contributed by atoms with Gasteiger partial charge in [-0.1, -0.05) is 19.1 Å². The van der Waals surface area contributed by atoms with Crippen LogP contribution in [0.2, 0.25) is 0 Å². The van der Waals surface area contributed by atoms with Crippen LogP contribution in [-0.2, 0) is 17.8 Å². The first-order valence-electron chi connectivity index (χ1n) is 6.56. The minimum atomic E-state index is 0.0152. The van der Waals surface area contributed by atoms with Crippen molar-refractivity contribution in [1.29, 1.82) is 0 Å². The maximum absolute atomic E-state index is 11.8.